The number of rotatable bonds is 6. The van der Waals surface area contributed by atoms with Crippen LogP contribution < -0.4 is 0 Å². The summed E-state index contributed by atoms with van der Waals surface area (Å²) in [6, 6.07) is 6.21. The monoisotopic (exact) mass is 379 g/mol. The normalized spacial score (nSPS) is 28.9. The first-order chi connectivity index (χ1) is 12.9. The number of fused-ring (bicyclic) bond motifs is 1. The maximum absolute atomic E-state index is 12.8. The molecule has 3 atom stereocenters. The topological polar surface area (TPSA) is 20.3 Å². The molecule has 0 spiro atoms. The lowest BCUT2D eigenvalue weighted by molar-refractivity contribution is -0.137. The molecular weight excluding hydrogens is 351 g/mol. The quantitative estimate of drug-likeness (QED) is 0.685. The van der Waals surface area contributed by atoms with Crippen LogP contribution in [0, 0.1) is 17.8 Å². The lowest BCUT2D eigenvalue weighted by Gasteiger charge is -2.32. The summed E-state index contributed by atoms with van der Waals surface area (Å²) in [5, 5.41) is 0. The summed E-state index contributed by atoms with van der Waals surface area (Å²) in [5.74, 6) is 1.66. The minimum atomic E-state index is -4.30. The number of Topliss-reactive ketones (excluding diaryl/α,β-unsaturated/α-hetero) is 1. The third-order valence-electron chi connectivity index (χ3n) is 6.83. The van der Waals surface area contributed by atoms with Crippen LogP contribution in [0.4, 0.5) is 13.2 Å². The fourth-order valence-corrected chi connectivity index (χ4v) is 5.32. The van der Waals surface area contributed by atoms with Crippen LogP contribution in [-0.4, -0.2) is 29.8 Å². The van der Waals surface area contributed by atoms with Gasteiger partial charge in [0, 0.05) is 31.5 Å². The van der Waals surface area contributed by atoms with Crippen molar-refractivity contribution >= 4 is 5.78 Å². The summed E-state index contributed by atoms with van der Waals surface area (Å²) in [6.45, 7) is 2.17. The van der Waals surface area contributed by atoms with Crippen LogP contribution in [0.1, 0.15) is 56.1 Å². The molecule has 148 valence electrons. The van der Waals surface area contributed by atoms with Gasteiger partial charge < -0.3 is 0 Å². The molecule has 0 aromatic heterocycles. The van der Waals surface area contributed by atoms with Gasteiger partial charge >= 0.3 is 6.18 Å². The molecule has 2 nitrogen and oxygen atoms in total. The van der Waals surface area contributed by atoms with Gasteiger partial charge in [0.2, 0.25) is 0 Å². The molecule has 1 heterocycles. The fourth-order valence-electron chi connectivity index (χ4n) is 5.32. The first-order valence-corrected chi connectivity index (χ1v) is 10.4. The second-order valence-corrected chi connectivity index (χ2v) is 8.62. The predicted octanol–water partition coefficient (Wildman–Crippen LogP) is 5.11. The number of carbonyl (C=O) groups excluding carboxylic acids is 1. The SMILES string of the molecule is O=C(CCCc1cccc(C(F)(F)F)c1)C1[C@H]2CN(C3CCCCC3)C[C@@H]12. The summed E-state index contributed by atoms with van der Waals surface area (Å²) in [6.07, 6.45) is 4.05. The van der Waals surface area contributed by atoms with Crippen LogP contribution in [0.5, 0.6) is 0 Å². The Bertz CT molecular complexity index is 668. The van der Waals surface area contributed by atoms with Gasteiger partial charge in [-0.25, -0.2) is 0 Å². The van der Waals surface area contributed by atoms with Crippen LogP contribution in [-0.2, 0) is 17.4 Å². The molecule has 4 rings (SSSR count). The van der Waals surface area contributed by atoms with Crippen molar-refractivity contribution < 1.29 is 18.0 Å². The Hall–Kier alpha value is -1.36. The lowest BCUT2D eigenvalue weighted by Crippen LogP contribution is -2.37. The Balaban J connectivity index is 1.21. The van der Waals surface area contributed by atoms with Gasteiger partial charge in [-0.1, -0.05) is 37.5 Å². The molecule has 0 N–H and O–H groups in total. The fraction of sp³-hybridized carbons (Fsp3) is 0.682. The predicted molar refractivity (Wildman–Crippen MR) is 98.3 cm³/mol. The number of hydrogen-bond acceptors (Lipinski definition) is 2. The van der Waals surface area contributed by atoms with Gasteiger partial charge in [-0.15, -0.1) is 0 Å². The summed E-state index contributed by atoms with van der Waals surface area (Å²) in [7, 11) is 0. The van der Waals surface area contributed by atoms with Crippen molar-refractivity contribution in [3.05, 3.63) is 35.4 Å². The van der Waals surface area contributed by atoms with Crippen molar-refractivity contribution in [1.29, 1.82) is 0 Å². The Kier molecular flexibility index (Phi) is 5.32. The van der Waals surface area contributed by atoms with E-state index < -0.39 is 11.7 Å². The number of ketones is 1. The molecule has 1 unspecified atom stereocenters. The van der Waals surface area contributed by atoms with Crippen LogP contribution in [0.25, 0.3) is 0 Å². The average Bonchev–Trinajstić information content (AvgIpc) is 3.16. The number of benzene rings is 1. The van der Waals surface area contributed by atoms with Gasteiger partial charge in [0.05, 0.1) is 5.56 Å². The number of halogens is 3. The van der Waals surface area contributed by atoms with E-state index in [0.29, 0.717) is 42.4 Å². The molecule has 1 aromatic carbocycles. The number of piperidine rings is 1. The highest BCUT2D eigenvalue weighted by atomic mass is 19.4. The number of aryl methyl sites for hydroxylation is 1. The third kappa shape index (κ3) is 4.23. The molecule has 1 saturated heterocycles. The van der Waals surface area contributed by atoms with Gasteiger partial charge in [-0.2, -0.15) is 13.2 Å². The zero-order chi connectivity index (χ0) is 19.0. The summed E-state index contributed by atoms with van der Waals surface area (Å²) < 4.78 is 38.3. The van der Waals surface area contributed by atoms with Crippen LogP contribution in [0.2, 0.25) is 0 Å². The van der Waals surface area contributed by atoms with Crippen molar-refractivity contribution in [2.45, 2.75) is 63.6 Å². The maximum Gasteiger partial charge on any atom is 0.416 e. The first-order valence-electron chi connectivity index (χ1n) is 10.4. The minimum Gasteiger partial charge on any atom is -0.300 e. The average molecular weight is 379 g/mol. The zero-order valence-electron chi connectivity index (χ0n) is 15.7. The smallest absolute Gasteiger partial charge is 0.300 e. The van der Waals surface area contributed by atoms with E-state index in [2.05, 4.69) is 4.90 Å². The van der Waals surface area contributed by atoms with Gasteiger partial charge in [-0.3, -0.25) is 9.69 Å². The third-order valence-corrected chi connectivity index (χ3v) is 6.83. The Labute approximate surface area is 159 Å². The number of carbonyl (C=O) groups is 1. The molecule has 2 saturated carbocycles. The van der Waals surface area contributed by atoms with Crippen molar-refractivity contribution in [2.24, 2.45) is 17.8 Å². The number of likely N-dealkylation sites (tertiary alicyclic amines) is 1. The summed E-state index contributed by atoms with van der Waals surface area (Å²) in [5.41, 5.74) is 0.0583. The summed E-state index contributed by atoms with van der Waals surface area (Å²) in [4.78, 5) is 15.1. The van der Waals surface area contributed by atoms with Crippen LogP contribution >= 0.6 is 0 Å². The van der Waals surface area contributed by atoms with Gasteiger partial charge in [0.25, 0.3) is 0 Å². The number of alkyl halides is 3. The van der Waals surface area contributed by atoms with Crippen molar-refractivity contribution in [3.63, 3.8) is 0 Å². The Morgan fingerprint density at radius 2 is 1.78 bits per heavy atom. The molecule has 0 radical (unpaired) electrons. The van der Waals surface area contributed by atoms with E-state index in [1.807, 2.05) is 0 Å². The van der Waals surface area contributed by atoms with Crippen molar-refractivity contribution in [1.82, 2.24) is 4.90 Å². The van der Waals surface area contributed by atoms with E-state index in [-0.39, 0.29) is 5.92 Å². The van der Waals surface area contributed by atoms with Gasteiger partial charge in [-0.05, 0) is 49.1 Å². The van der Waals surface area contributed by atoms with Crippen LogP contribution in [0.15, 0.2) is 24.3 Å². The van der Waals surface area contributed by atoms with E-state index >= 15 is 0 Å². The maximum atomic E-state index is 12.8. The molecule has 2 aliphatic carbocycles. The molecule has 1 aliphatic heterocycles. The highest BCUT2D eigenvalue weighted by Crippen LogP contribution is 2.53. The standard InChI is InChI=1S/C22H28F3NO/c23-22(24,25)16-8-4-6-15(12-16)7-5-11-20(27)21-18-13-26(14-19(18)21)17-9-2-1-3-10-17/h4,6,8,12,17-19,21H,1-3,5,7,9-11,13-14H2/t18-,19+,21?. The molecular formula is C22H28F3NO. The Morgan fingerprint density at radius 3 is 2.44 bits per heavy atom. The molecule has 1 aromatic rings. The van der Waals surface area contributed by atoms with Crippen molar-refractivity contribution in [2.75, 3.05) is 13.1 Å². The number of hydrogen-bond donors (Lipinski definition) is 0. The van der Waals surface area contributed by atoms with E-state index in [1.165, 1.54) is 44.2 Å². The van der Waals surface area contributed by atoms with Gasteiger partial charge in [0.1, 0.15) is 5.78 Å². The van der Waals surface area contributed by atoms with Crippen molar-refractivity contribution in [3.8, 4) is 0 Å². The molecule has 0 amide bonds. The van der Waals surface area contributed by atoms with E-state index in [9.17, 15) is 18.0 Å². The molecule has 5 heteroatoms. The lowest BCUT2D eigenvalue weighted by atomic mass is 9.94. The minimum absolute atomic E-state index is 0.228. The zero-order valence-corrected chi connectivity index (χ0v) is 15.7. The Morgan fingerprint density at radius 1 is 1.07 bits per heavy atom. The summed E-state index contributed by atoms with van der Waals surface area (Å²) >= 11 is 0. The van der Waals surface area contributed by atoms with Crippen LogP contribution in [0.3, 0.4) is 0 Å². The van der Waals surface area contributed by atoms with E-state index in [4.69, 9.17) is 0 Å². The van der Waals surface area contributed by atoms with E-state index in [0.717, 1.165) is 25.2 Å². The highest BCUT2D eigenvalue weighted by molar-refractivity contribution is 5.84. The first kappa shape index (κ1) is 19.0. The second kappa shape index (κ2) is 7.57. The van der Waals surface area contributed by atoms with E-state index in [1.54, 1.807) is 6.07 Å². The molecule has 27 heavy (non-hydrogen) atoms. The largest absolute Gasteiger partial charge is 0.416 e. The number of nitrogens with zero attached hydrogens (tertiary/aromatic N) is 1. The molecule has 3 fully saturated rings. The molecule has 0 bridgehead atoms. The second-order valence-electron chi connectivity index (χ2n) is 8.62. The molecule has 3 aliphatic rings. The van der Waals surface area contributed by atoms with Gasteiger partial charge in [0.15, 0.2) is 0 Å². The highest BCUT2D eigenvalue weighted by Gasteiger charge is 2.59.